The highest BCUT2D eigenvalue weighted by molar-refractivity contribution is 5.30. The van der Waals surface area contributed by atoms with Crippen LogP contribution in [0.1, 0.15) is 38.4 Å². The van der Waals surface area contributed by atoms with Crippen LogP contribution in [0.4, 0.5) is 0 Å². The standard InChI is InChI=1S/C14H23NO2/c1-4-9-15-13(5-2)14(16)11-7-6-8-12(10-11)17-3/h6-8,10,13-16H,4-5,9H2,1-3H3. The topological polar surface area (TPSA) is 41.5 Å². The maximum atomic E-state index is 10.3. The highest BCUT2D eigenvalue weighted by Crippen LogP contribution is 2.22. The van der Waals surface area contributed by atoms with Crippen LogP contribution in [0.25, 0.3) is 0 Å². The van der Waals surface area contributed by atoms with E-state index in [0.29, 0.717) is 0 Å². The van der Waals surface area contributed by atoms with E-state index in [1.165, 1.54) is 0 Å². The Morgan fingerprint density at radius 1 is 1.35 bits per heavy atom. The number of hydrogen-bond acceptors (Lipinski definition) is 3. The van der Waals surface area contributed by atoms with Gasteiger partial charge in [0.05, 0.1) is 13.2 Å². The summed E-state index contributed by atoms with van der Waals surface area (Å²) in [6.07, 6.45) is 1.49. The number of aliphatic hydroxyl groups is 1. The van der Waals surface area contributed by atoms with E-state index in [-0.39, 0.29) is 6.04 Å². The maximum absolute atomic E-state index is 10.3. The zero-order valence-corrected chi connectivity index (χ0v) is 10.9. The number of hydrogen-bond donors (Lipinski definition) is 2. The third-order valence-corrected chi connectivity index (χ3v) is 2.91. The normalized spacial score (nSPS) is 14.4. The van der Waals surface area contributed by atoms with Gasteiger partial charge in [-0.1, -0.05) is 26.0 Å². The number of benzene rings is 1. The van der Waals surface area contributed by atoms with Crippen LogP contribution in [-0.4, -0.2) is 24.8 Å². The molecule has 0 aromatic heterocycles. The van der Waals surface area contributed by atoms with E-state index in [1.54, 1.807) is 7.11 Å². The first kappa shape index (κ1) is 14.0. The monoisotopic (exact) mass is 237 g/mol. The number of aliphatic hydroxyl groups excluding tert-OH is 1. The van der Waals surface area contributed by atoms with Crippen LogP contribution >= 0.6 is 0 Å². The molecule has 3 heteroatoms. The van der Waals surface area contributed by atoms with Crippen molar-refractivity contribution in [1.29, 1.82) is 0 Å². The first-order valence-electron chi connectivity index (χ1n) is 6.28. The number of methoxy groups -OCH3 is 1. The minimum Gasteiger partial charge on any atom is -0.497 e. The molecule has 0 fully saturated rings. The highest BCUT2D eigenvalue weighted by atomic mass is 16.5. The quantitative estimate of drug-likeness (QED) is 0.765. The lowest BCUT2D eigenvalue weighted by atomic mass is 10.00. The number of rotatable bonds is 7. The molecule has 2 N–H and O–H groups in total. The molecule has 1 aromatic rings. The van der Waals surface area contributed by atoms with E-state index in [1.807, 2.05) is 24.3 Å². The summed E-state index contributed by atoms with van der Waals surface area (Å²) in [6, 6.07) is 7.72. The van der Waals surface area contributed by atoms with Crippen molar-refractivity contribution in [2.45, 2.75) is 38.8 Å². The average molecular weight is 237 g/mol. The molecule has 0 aliphatic rings. The molecule has 1 rings (SSSR count). The summed E-state index contributed by atoms with van der Waals surface area (Å²) in [7, 11) is 1.64. The van der Waals surface area contributed by atoms with Gasteiger partial charge >= 0.3 is 0 Å². The van der Waals surface area contributed by atoms with Crippen LogP contribution in [0.15, 0.2) is 24.3 Å². The van der Waals surface area contributed by atoms with Crippen molar-refractivity contribution in [3.63, 3.8) is 0 Å². The molecule has 0 radical (unpaired) electrons. The van der Waals surface area contributed by atoms with E-state index in [0.717, 1.165) is 30.7 Å². The average Bonchev–Trinajstić information content (AvgIpc) is 2.39. The molecule has 0 amide bonds. The Labute approximate surface area is 104 Å². The molecule has 0 saturated heterocycles. The van der Waals surface area contributed by atoms with Crippen molar-refractivity contribution >= 4 is 0 Å². The largest absolute Gasteiger partial charge is 0.497 e. The summed E-state index contributed by atoms with van der Waals surface area (Å²) in [5, 5.41) is 13.7. The highest BCUT2D eigenvalue weighted by Gasteiger charge is 2.18. The van der Waals surface area contributed by atoms with Gasteiger partial charge in [-0.15, -0.1) is 0 Å². The first-order valence-corrected chi connectivity index (χ1v) is 6.28. The van der Waals surface area contributed by atoms with Gasteiger partial charge in [-0.3, -0.25) is 0 Å². The Hall–Kier alpha value is -1.06. The number of ether oxygens (including phenoxy) is 1. The summed E-state index contributed by atoms with van der Waals surface area (Å²) >= 11 is 0. The predicted molar refractivity (Wildman–Crippen MR) is 70.3 cm³/mol. The molecule has 0 aliphatic heterocycles. The SMILES string of the molecule is CCCNC(CC)C(O)c1cccc(OC)c1. The van der Waals surface area contributed by atoms with Gasteiger partial charge in [0, 0.05) is 6.04 Å². The van der Waals surface area contributed by atoms with Crippen molar-refractivity contribution in [1.82, 2.24) is 5.32 Å². The second-order valence-electron chi connectivity index (χ2n) is 4.19. The summed E-state index contributed by atoms with van der Waals surface area (Å²) < 4.78 is 5.17. The van der Waals surface area contributed by atoms with Gasteiger partial charge in [0.2, 0.25) is 0 Å². The molecule has 3 nitrogen and oxygen atoms in total. The van der Waals surface area contributed by atoms with E-state index in [4.69, 9.17) is 4.74 Å². The fourth-order valence-corrected chi connectivity index (χ4v) is 1.87. The Balaban J connectivity index is 2.74. The summed E-state index contributed by atoms with van der Waals surface area (Å²) in [5.74, 6) is 0.784. The molecule has 0 spiro atoms. The maximum Gasteiger partial charge on any atom is 0.119 e. The molecule has 0 heterocycles. The lowest BCUT2D eigenvalue weighted by molar-refractivity contribution is 0.126. The van der Waals surface area contributed by atoms with Gasteiger partial charge in [-0.05, 0) is 37.1 Å². The van der Waals surface area contributed by atoms with Crippen LogP contribution in [0.3, 0.4) is 0 Å². The first-order chi connectivity index (χ1) is 8.22. The number of nitrogens with one attached hydrogen (secondary N) is 1. The lowest BCUT2D eigenvalue weighted by Gasteiger charge is -2.23. The fourth-order valence-electron chi connectivity index (χ4n) is 1.87. The van der Waals surface area contributed by atoms with Gasteiger partial charge in [-0.2, -0.15) is 0 Å². The predicted octanol–water partition coefficient (Wildman–Crippen LogP) is 2.51. The van der Waals surface area contributed by atoms with E-state index in [9.17, 15) is 5.11 Å². The second-order valence-corrected chi connectivity index (χ2v) is 4.19. The van der Waals surface area contributed by atoms with Gasteiger partial charge in [0.25, 0.3) is 0 Å². The van der Waals surface area contributed by atoms with Gasteiger partial charge in [0.1, 0.15) is 5.75 Å². The second kappa shape index (κ2) is 7.30. The van der Waals surface area contributed by atoms with Crippen LogP contribution in [0.2, 0.25) is 0 Å². The Morgan fingerprint density at radius 3 is 2.71 bits per heavy atom. The Bertz CT molecular complexity index is 328. The fraction of sp³-hybridized carbons (Fsp3) is 0.571. The van der Waals surface area contributed by atoms with E-state index in [2.05, 4.69) is 19.2 Å². The smallest absolute Gasteiger partial charge is 0.119 e. The van der Waals surface area contributed by atoms with Crippen molar-refractivity contribution in [3.05, 3.63) is 29.8 Å². The van der Waals surface area contributed by atoms with Crippen molar-refractivity contribution in [2.24, 2.45) is 0 Å². The van der Waals surface area contributed by atoms with Crippen molar-refractivity contribution < 1.29 is 9.84 Å². The molecule has 1 aromatic carbocycles. The van der Waals surface area contributed by atoms with Gasteiger partial charge < -0.3 is 15.2 Å². The molecule has 2 atom stereocenters. The van der Waals surface area contributed by atoms with Crippen LogP contribution in [0.5, 0.6) is 5.75 Å². The molecule has 0 bridgehead atoms. The third kappa shape index (κ3) is 4.02. The Morgan fingerprint density at radius 2 is 2.12 bits per heavy atom. The molecule has 96 valence electrons. The molecule has 0 saturated carbocycles. The zero-order chi connectivity index (χ0) is 12.7. The van der Waals surface area contributed by atoms with Crippen LogP contribution in [-0.2, 0) is 0 Å². The van der Waals surface area contributed by atoms with Crippen molar-refractivity contribution in [2.75, 3.05) is 13.7 Å². The minimum absolute atomic E-state index is 0.0991. The van der Waals surface area contributed by atoms with Crippen molar-refractivity contribution in [3.8, 4) is 5.75 Å². The van der Waals surface area contributed by atoms with Gasteiger partial charge in [-0.25, -0.2) is 0 Å². The summed E-state index contributed by atoms with van der Waals surface area (Å²) in [4.78, 5) is 0. The summed E-state index contributed by atoms with van der Waals surface area (Å²) in [5.41, 5.74) is 0.903. The summed E-state index contributed by atoms with van der Waals surface area (Å²) in [6.45, 7) is 5.13. The van der Waals surface area contributed by atoms with Crippen LogP contribution < -0.4 is 10.1 Å². The molecular formula is C14H23NO2. The van der Waals surface area contributed by atoms with Crippen LogP contribution in [0, 0.1) is 0 Å². The molecule has 2 unspecified atom stereocenters. The Kier molecular flexibility index (Phi) is 6.01. The molecular weight excluding hydrogens is 214 g/mol. The zero-order valence-electron chi connectivity index (χ0n) is 10.9. The van der Waals surface area contributed by atoms with E-state index >= 15 is 0 Å². The van der Waals surface area contributed by atoms with E-state index < -0.39 is 6.10 Å². The van der Waals surface area contributed by atoms with Gasteiger partial charge in [0.15, 0.2) is 0 Å². The lowest BCUT2D eigenvalue weighted by Crippen LogP contribution is -2.34. The molecule has 0 aliphatic carbocycles. The minimum atomic E-state index is -0.485. The third-order valence-electron chi connectivity index (χ3n) is 2.91. The molecule has 17 heavy (non-hydrogen) atoms.